The molecule has 0 N–H and O–H groups in total. The number of hydrogen-bond donors (Lipinski definition) is 0. The van der Waals surface area contributed by atoms with Crippen molar-refractivity contribution in [3.63, 3.8) is 0 Å². The molecule has 1 fully saturated rings. The fourth-order valence-corrected chi connectivity index (χ4v) is 3.32. The second-order valence-electron chi connectivity index (χ2n) is 5.68. The summed E-state index contributed by atoms with van der Waals surface area (Å²) in [6.07, 6.45) is 4.49. The van der Waals surface area contributed by atoms with Crippen LogP contribution in [0.15, 0.2) is 12.1 Å². The molecule has 0 atom stereocenters. The normalized spacial score (nSPS) is 17.4. The minimum atomic E-state index is -0.834. The van der Waals surface area contributed by atoms with E-state index in [-0.39, 0.29) is 16.8 Å². The molecule has 108 valence electrons. The zero-order chi connectivity index (χ0) is 14.3. The van der Waals surface area contributed by atoms with Crippen molar-refractivity contribution in [2.45, 2.75) is 45.0 Å². The highest BCUT2D eigenvalue weighted by Crippen LogP contribution is 2.46. The summed E-state index contributed by atoms with van der Waals surface area (Å²) in [5.74, 6) is -0.836. The number of rotatable bonds is 4. The highest BCUT2D eigenvalue weighted by molar-refractivity contribution is 6.16. The van der Waals surface area contributed by atoms with Crippen molar-refractivity contribution in [2.75, 3.05) is 0 Å². The van der Waals surface area contributed by atoms with Gasteiger partial charge in [-0.15, -0.1) is 11.6 Å². The first-order valence-electron chi connectivity index (χ1n) is 6.99. The zero-order valence-corrected chi connectivity index (χ0v) is 12.2. The van der Waals surface area contributed by atoms with Crippen LogP contribution >= 0.6 is 11.6 Å². The Labute approximate surface area is 121 Å². The molecule has 1 aromatic carbocycles. The molecule has 0 saturated heterocycles. The minimum Gasteiger partial charge on any atom is -0.324 e. The van der Waals surface area contributed by atoms with Crippen molar-refractivity contribution in [1.82, 2.24) is 9.55 Å². The van der Waals surface area contributed by atoms with Crippen molar-refractivity contribution in [2.24, 2.45) is 5.41 Å². The number of hydrogen-bond acceptors (Lipinski definition) is 1. The van der Waals surface area contributed by atoms with Gasteiger partial charge in [-0.2, -0.15) is 0 Å². The number of nitrogens with zero attached hydrogens (tertiary/aromatic N) is 2. The maximum Gasteiger partial charge on any atom is 0.184 e. The molecule has 20 heavy (non-hydrogen) atoms. The first-order chi connectivity index (χ1) is 9.60. The predicted molar refractivity (Wildman–Crippen MR) is 75.8 cm³/mol. The van der Waals surface area contributed by atoms with Gasteiger partial charge in [-0.1, -0.05) is 13.3 Å². The van der Waals surface area contributed by atoms with Crippen molar-refractivity contribution >= 4 is 22.6 Å². The summed E-state index contributed by atoms with van der Waals surface area (Å²) < 4.78 is 29.4. The summed E-state index contributed by atoms with van der Waals surface area (Å²) in [5.41, 5.74) is 0.915. The van der Waals surface area contributed by atoms with Crippen LogP contribution in [0.4, 0.5) is 8.78 Å². The predicted octanol–water partition coefficient (Wildman–Crippen LogP) is 4.63. The van der Waals surface area contributed by atoms with Gasteiger partial charge in [-0.25, -0.2) is 13.8 Å². The van der Waals surface area contributed by atoms with E-state index in [1.54, 1.807) is 4.57 Å². The largest absolute Gasteiger partial charge is 0.324 e. The van der Waals surface area contributed by atoms with E-state index in [0.29, 0.717) is 17.9 Å². The highest BCUT2D eigenvalue weighted by Gasteiger charge is 2.36. The number of halogens is 3. The van der Waals surface area contributed by atoms with Gasteiger partial charge in [0.1, 0.15) is 11.3 Å². The Hall–Kier alpha value is -1.16. The average molecular weight is 299 g/mol. The molecule has 1 aromatic heterocycles. The Morgan fingerprint density at radius 1 is 1.35 bits per heavy atom. The first-order valence-corrected chi connectivity index (χ1v) is 7.53. The molecule has 1 aliphatic rings. The van der Waals surface area contributed by atoms with Gasteiger partial charge in [-0.3, -0.25) is 0 Å². The summed E-state index contributed by atoms with van der Waals surface area (Å²) in [6, 6.07) is 2.63. The Kier molecular flexibility index (Phi) is 3.44. The summed E-state index contributed by atoms with van der Waals surface area (Å²) in [6.45, 7) is 2.82. The van der Waals surface area contributed by atoms with Crippen LogP contribution in [0.5, 0.6) is 0 Å². The molecular formula is C15H17ClF2N2. The van der Waals surface area contributed by atoms with Gasteiger partial charge in [0.2, 0.25) is 0 Å². The van der Waals surface area contributed by atoms with Crippen molar-refractivity contribution in [1.29, 1.82) is 0 Å². The third-order valence-electron chi connectivity index (χ3n) is 4.66. The standard InChI is InChI=1S/C15H17ClF2N2/c1-2-15(6-3-7-15)9-20-12(8-16)19-11-5-4-10(17)13(18)14(11)20/h4-5H,2-3,6-9H2,1H3. The van der Waals surface area contributed by atoms with E-state index in [9.17, 15) is 8.78 Å². The molecule has 3 rings (SSSR count). The Morgan fingerprint density at radius 3 is 2.65 bits per heavy atom. The number of imidazole rings is 1. The van der Waals surface area contributed by atoms with Gasteiger partial charge in [0, 0.05) is 6.54 Å². The molecule has 0 spiro atoms. The second-order valence-corrected chi connectivity index (χ2v) is 5.95. The van der Waals surface area contributed by atoms with E-state index in [1.807, 2.05) is 0 Å². The highest BCUT2D eigenvalue weighted by atomic mass is 35.5. The minimum absolute atomic E-state index is 0.188. The molecular weight excluding hydrogens is 282 g/mol. The van der Waals surface area contributed by atoms with Gasteiger partial charge in [-0.05, 0) is 36.8 Å². The van der Waals surface area contributed by atoms with E-state index in [4.69, 9.17) is 11.6 Å². The number of fused-ring (bicyclic) bond motifs is 1. The number of benzene rings is 1. The lowest BCUT2D eigenvalue weighted by Gasteiger charge is -2.42. The summed E-state index contributed by atoms with van der Waals surface area (Å²) >= 11 is 5.93. The van der Waals surface area contributed by atoms with Crippen LogP contribution in [0, 0.1) is 17.0 Å². The fraction of sp³-hybridized carbons (Fsp3) is 0.533. The molecule has 0 unspecified atom stereocenters. The monoisotopic (exact) mass is 298 g/mol. The summed E-state index contributed by atoms with van der Waals surface area (Å²) in [4.78, 5) is 4.33. The second kappa shape index (κ2) is 4.99. The van der Waals surface area contributed by atoms with Gasteiger partial charge >= 0.3 is 0 Å². The van der Waals surface area contributed by atoms with Crippen LogP contribution in [-0.2, 0) is 12.4 Å². The Morgan fingerprint density at radius 2 is 2.10 bits per heavy atom. The quantitative estimate of drug-likeness (QED) is 0.752. The maximum atomic E-state index is 14.1. The van der Waals surface area contributed by atoms with Gasteiger partial charge < -0.3 is 4.57 Å². The lowest BCUT2D eigenvalue weighted by Crippen LogP contribution is -2.34. The van der Waals surface area contributed by atoms with Crippen molar-refractivity contribution in [3.05, 3.63) is 29.6 Å². The number of aromatic nitrogens is 2. The molecule has 0 radical (unpaired) electrons. The van der Waals surface area contributed by atoms with E-state index >= 15 is 0 Å². The molecule has 2 nitrogen and oxygen atoms in total. The smallest absolute Gasteiger partial charge is 0.184 e. The third-order valence-corrected chi connectivity index (χ3v) is 4.90. The van der Waals surface area contributed by atoms with Crippen molar-refractivity contribution in [3.8, 4) is 0 Å². The maximum absolute atomic E-state index is 14.1. The average Bonchev–Trinajstić information content (AvgIpc) is 2.76. The lowest BCUT2D eigenvalue weighted by atomic mass is 9.67. The van der Waals surface area contributed by atoms with E-state index in [2.05, 4.69) is 11.9 Å². The van der Waals surface area contributed by atoms with Crippen molar-refractivity contribution < 1.29 is 8.78 Å². The molecule has 1 aliphatic carbocycles. The van der Waals surface area contributed by atoms with Gasteiger partial charge in [0.25, 0.3) is 0 Å². The van der Waals surface area contributed by atoms with Crippen LogP contribution in [0.1, 0.15) is 38.4 Å². The van der Waals surface area contributed by atoms with Gasteiger partial charge in [0.05, 0.1) is 11.4 Å². The molecule has 0 amide bonds. The Balaban J connectivity index is 2.14. The van der Waals surface area contributed by atoms with E-state index in [0.717, 1.165) is 25.3 Å². The molecule has 0 bridgehead atoms. The molecule has 0 aliphatic heterocycles. The number of alkyl halides is 1. The van der Waals surface area contributed by atoms with Crippen LogP contribution in [0.25, 0.3) is 11.0 Å². The van der Waals surface area contributed by atoms with Gasteiger partial charge in [0.15, 0.2) is 11.6 Å². The molecule has 5 heteroatoms. The Bertz CT molecular complexity index is 641. The lowest BCUT2D eigenvalue weighted by molar-refractivity contribution is 0.101. The zero-order valence-electron chi connectivity index (χ0n) is 11.4. The van der Waals surface area contributed by atoms with Crippen LogP contribution < -0.4 is 0 Å². The fourth-order valence-electron chi connectivity index (χ4n) is 3.11. The summed E-state index contributed by atoms with van der Waals surface area (Å²) in [5, 5.41) is 0. The summed E-state index contributed by atoms with van der Waals surface area (Å²) in [7, 11) is 0. The molecule has 2 aromatic rings. The van der Waals surface area contributed by atoms with Crippen LogP contribution in [0.3, 0.4) is 0 Å². The van der Waals surface area contributed by atoms with Crippen LogP contribution in [-0.4, -0.2) is 9.55 Å². The van der Waals surface area contributed by atoms with Crippen LogP contribution in [0.2, 0.25) is 0 Å². The SMILES string of the molecule is CCC1(Cn2c(CCl)nc3ccc(F)c(F)c32)CCC1. The molecule has 1 heterocycles. The first kappa shape index (κ1) is 13.8. The van der Waals surface area contributed by atoms with E-state index in [1.165, 1.54) is 12.5 Å². The third kappa shape index (κ3) is 2.01. The van der Waals surface area contributed by atoms with E-state index < -0.39 is 11.6 Å². The molecule has 1 saturated carbocycles. The topological polar surface area (TPSA) is 17.8 Å².